The van der Waals surface area contributed by atoms with Crippen molar-refractivity contribution in [2.24, 2.45) is 5.92 Å². The number of carbonyl (C=O) groups is 3. The fourth-order valence-corrected chi connectivity index (χ4v) is 5.76. The van der Waals surface area contributed by atoms with Crippen LogP contribution in [0.1, 0.15) is 61.0 Å². The molecule has 1 aromatic carbocycles. The lowest BCUT2D eigenvalue weighted by Crippen LogP contribution is -2.27. The van der Waals surface area contributed by atoms with E-state index in [0.717, 1.165) is 43.4 Å². The first kappa shape index (κ1) is 24.4. The third-order valence-electron chi connectivity index (χ3n) is 7.29. The molecule has 1 N–H and O–H groups in total. The van der Waals surface area contributed by atoms with Crippen LogP contribution in [0.3, 0.4) is 0 Å². The Bertz CT molecular complexity index is 1250. The first-order chi connectivity index (χ1) is 17.5. The van der Waals surface area contributed by atoms with Crippen molar-refractivity contribution in [1.82, 2.24) is 19.4 Å². The summed E-state index contributed by atoms with van der Waals surface area (Å²) in [6.07, 6.45) is 9.11. The molecule has 3 aromatic rings. The number of benzene rings is 1. The van der Waals surface area contributed by atoms with E-state index in [2.05, 4.69) is 10.3 Å². The number of thiazole rings is 1. The van der Waals surface area contributed by atoms with Gasteiger partial charge in [-0.05, 0) is 49.8 Å². The first-order valence-electron chi connectivity index (χ1n) is 12.7. The Hall–Kier alpha value is -3.27. The molecule has 0 radical (unpaired) electrons. The van der Waals surface area contributed by atoms with Gasteiger partial charge in [-0.3, -0.25) is 24.7 Å². The lowest BCUT2D eigenvalue weighted by molar-refractivity contribution is -0.127. The van der Waals surface area contributed by atoms with Crippen LogP contribution in [-0.4, -0.2) is 57.3 Å². The number of aryl methyl sites for hydroxylation is 1. The number of amides is 3. The van der Waals surface area contributed by atoms with Gasteiger partial charge in [0.2, 0.25) is 17.8 Å². The molecule has 1 aliphatic heterocycles. The van der Waals surface area contributed by atoms with Crippen molar-refractivity contribution in [3.8, 4) is 0 Å². The molecule has 0 unspecified atom stereocenters. The van der Waals surface area contributed by atoms with Crippen molar-refractivity contribution < 1.29 is 14.4 Å². The van der Waals surface area contributed by atoms with E-state index in [4.69, 9.17) is 4.98 Å². The Kier molecular flexibility index (Phi) is 7.31. The molecule has 0 bridgehead atoms. The maximum Gasteiger partial charge on any atom is 0.269 e. The van der Waals surface area contributed by atoms with Gasteiger partial charge in [-0.25, -0.2) is 4.98 Å². The molecule has 0 atom stereocenters. The number of fused-ring (bicyclic) bond motifs is 1. The van der Waals surface area contributed by atoms with E-state index in [1.807, 2.05) is 34.7 Å². The number of imidazole rings is 1. The SMILES string of the molecule is CN(C(=O)CC1CCCC1)c1ccc2c(c1)nc(NC(=O)c1cncs1)n2CCCN1CCCC1=O. The lowest BCUT2D eigenvalue weighted by Gasteiger charge is -2.19. The molecule has 1 aliphatic carbocycles. The van der Waals surface area contributed by atoms with Crippen LogP contribution in [0.5, 0.6) is 0 Å². The number of hydrogen-bond acceptors (Lipinski definition) is 6. The Morgan fingerprint density at radius 1 is 1.19 bits per heavy atom. The number of nitrogens with one attached hydrogen (secondary N) is 1. The van der Waals surface area contributed by atoms with Gasteiger partial charge in [0.1, 0.15) is 4.88 Å². The van der Waals surface area contributed by atoms with Crippen LogP contribution in [-0.2, 0) is 16.1 Å². The summed E-state index contributed by atoms with van der Waals surface area (Å²) in [5.74, 6) is 1.01. The molecule has 2 aromatic heterocycles. The molecule has 36 heavy (non-hydrogen) atoms. The smallest absolute Gasteiger partial charge is 0.269 e. The summed E-state index contributed by atoms with van der Waals surface area (Å²) < 4.78 is 1.99. The fraction of sp³-hybridized carbons (Fsp3) is 0.500. The summed E-state index contributed by atoms with van der Waals surface area (Å²) >= 11 is 1.27. The summed E-state index contributed by atoms with van der Waals surface area (Å²) in [5, 5.41) is 2.93. The number of likely N-dealkylation sites (tertiary alicyclic amines) is 1. The summed E-state index contributed by atoms with van der Waals surface area (Å²) in [7, 11) is 1.81. The molecule has 9 nitrogen and oxygen atoms in total. The van der Waals surface area contributed by atoms with E-state index >= 15 is 0 Å². The first-order valence-corrected chi connectivity index (χ1v) is 13.6. The van der Waals surface area contributed by atoms with E-state index in [1.54, 1.807) is 10.4 Å². The molecule has 3 amide bonds. The summed E-state index contributed by atoms with van der Waals surface area (Å²) in [5.41, 5.74) is 4.00. The second kappa shape index (κ2) is 10.8. The number of hydrogen-bond donors (Lipinski definition) is 1. The number of aromatic nitrogens is 3. The van der Waals surface area contributed by atoms with Crippen molar-refractivity contribution in [1.29, 1.82) is 0 Å². The Morgan fingerprint density at radius 2 is 2.03 bits per heavy atom. The minimum atomic E-state index is -0.257. The summed E-state index contributed by atoms with van der Waals surface area (Å²) in [6.45, 7) is 2.09. The Labute approximate surface area is 214 Å². The summed E-state index contributed by atoms with van der Waals surface area (Å²) in [6, 6.07) is 5.80. The third-order valence-corrected chi connectivity index (χ3v) is 8.07. The van der Waals surface area contributed by atoms with Gasteiger partial charge in [0, 0.05) is 45.2 Å². The number of carbonyl (C=O) groups excluding carboxylic acids is 3. The van der Waals surface area contributed by atoms with Crippen molar-refractivity contribution in [2.45, 2.75) is 57.9 Å². The van der Waals surface area contributed by atoms with Gasteiger partial charge >= 0.3 is 0 Å². The van der Waals surface area contributed by atoms with E-state index in [1.165, 1.54) is 30.4 Å². The Balaban J connectivity index is 1.37. The lowest BCUT2D eigenvalue weighted by atomic mass is 10.0. The van der Waals surface area contributed by atoms with Gasteiger partial charge in [-0.1, -0.05) is 12.8 Å². The molecular formula is C26H32N6O3S. The van der Waals surface area contributed by atoms with Crippen LogP contribution >= 0.6 is 11.3 Å². The second-order valence-corrected chi connectivity index (χ2v) is 10.6. The Morgan fingerprint density at radius 3 is 2.75 bits per heavy atom. The third kappa shape index (κ3) is 5.28. The molecule has 5 rings (SSSR count). The van der Waals surface area contributed by atoms with Crippen LogP contribution in [0, 0.1) is 5.92 Å². The van der Waals surface area contributed by atoms with Crippen LogP contribution < -0.4 is 10.2 Å². The number of anilines is 2. The van der Waals surface area contributed by atoms with Gasteiger partial charge in [-0.2, -0.15) is 0 Å². The zero-order valence-corrected chi connectivity index (χ0v) is 21.4. The van der Waals surface area contributed by atoms with Crippen molar-refractivity contribution in [3.05, 3.63) is 34.8 Å². The van der Waals surface area contributed by atoms with Crippen LogP contribution in [0.4, 0.5) is 11.6 Å². The summed E-state index contributed by atoms with van der Waals surface area (Å²) in [4.78, 5) is 50.5. The van der Waals surface area contributed by atoms with E-state index in [9.17, 15) is 14.4 Å². The standard InChI is InChI=1S/C26H32N6O3S/c1-30(24(34)14-18-6-2-3-7-18)19-9-10-21-20(15-19)28-26(29-25(35)22-16-27-17-36-22)32(21)13-5-12-31-11-4-8-23(31)33/h9-10,15-18H,2-8,11-14H2,1H3,(H,28,29,35). The zero-order chi connectivity index (χ0) is 25.1. The average Bonchev–Trinajstić information content (AvgIpc) is 3.68. The zero-order valence-electron chi connectivity index (χ0n) is 20.6. The minimum absolute atomic E-state index is 0.120. The van der Waals surface area contributed by atoms with Crippen LogP contribution in [0.2, 0.25) is 0 Å². The van der Waals surface area contributed by atoms with E-state index < -0.39 is 0 Å². The predicted octanol–water partition coefficient (Wildman–Crippen LogP) is 4.30. The van der Waals surface area contributed by atoms with E-state index in [-0.39, 0.29) is 17.7 Å². The highest BCUT2D eigenvalue weighted by atomic mass is 32.1. The molecule has 1 saturated carbocycles. The maximum atomic E-state index is 12.9. The highest BCUT2D eigenvalue weighted by Crippen LogP contribution is 2.30. The highest BCUT2D eigenvalue weighted by Gasteiger charge is 2.23. The topological polar surface area (TPSA) is 100 Å². The van der Waals surface area contributed by atoms with Gasteiger partial charge in [0.05, 0.1) is 22.7 Å². The predicted molar refractivity (Wildman–Crippen MR) is 140 cm³/mol. The molecule has 10 heteroatoms. The van der Waals surface area contributed by atoms with E-state index in [0.29, 0.717) is 48.2 Å². The molecule has 2 aliphatic rings. The van der Waals surface area contributed by atoms with Gasteiger partial charge in [-0.15, -0.1) is 11.3 Å². The minimum Gasteiger partial charge on any atom is -0.343 e. The number of rotatable bonds is 9. The number of nitrogens with zero attached hydrogens (tertiary/aromatic N) is 5. The van der Waals surface area contributed by atoms with Crippen molar-refractivity contribution >= 4 is 51.7 Å². The highest BCUT2D eigenvalue weighted by molar-refractivity contribution is 7.11. The normalized spacial score (nSPS) is 16.2. The van der Waals surface area contributed by atoms with Gasteiger partial charge in [0.25, 0.3) is 5.91 Å². The van der Waals surface area contributed by atoms with Crippen molar-refractivity contribution in [2.75, 3.05) is 30.4 Å². The average molecular weight is 509 g/mol. The molecule has 0 spiro atoms. The molecule has 3 heterocycles. The fourth-order valence-electron chi connectivity index (χ4n) is 5.24. The van der Waals surface area contributed by atoms with Crippen LogP contribution in [0.25, 0.3) is 11.0 Å². The second-order valence-electron chi connectivity index (χ2n) is 9.73. The molecule has 2 fully saturated rings. The van der Waals surface area contributed by atoms with Crippen molar-refractivity contribution in [3.63, 3.8) is 0 Å². The maximum absolute atomic E-state index is 12.9. The monoisotopic (exact) mass is 508 g/mol. The molecule has 1 saturated heterocycles. The quantitative estimate of drug-likeness (QED) is 0.464. The largest absolute Gasteiger partial charge is 0.343 e. The van der Waals surface area contributed by atoms with Gasteiger partial charge < -0.3 is 14.4 Å². The van der Waals surface area contributed by atoms with Crippen LogP contribution in [0.15, 0.2) is 29.9 Å². The molecular weight excluding hydrogens is 476 g/mol. The molecule has 190 valence electrons. The van der Waals surface area contributed by atoms with Gasteiger partial charge in [0.15, 0.2) is 0 Å².